The van der Waals surface area contributed by atoms with Gasteiger partial charge in [-0.2, -0.15) is 4.68 Å². The van der Waals surface area contributed by atoms with Crippen LogP contribution in [0.15, 0.2) is 57.9 Å². The van der Waals surface area contributed by atoms with E-state index in [1.54, 1.807) is 0 Å². The number of carboxylic acid groups (broad SMARTS) is 1. The van der Waals surface area contributed by atoms with Gasteiger partial charge in [0.15, 0.2) is 11.9 Å². The summed E-state index contributed by atoms with van der Waals surface area (Å²) in [5.74, 6) is 1.05. The molecular weight excluding hydrogens is 628 g/mol. The van der Waals surface area contributed by atoms with Crippen molar-refractivity contribution in [3.63, 3.8) is 0 Å². The molecule has 0 spiro atoms. The van der Waals surface area contributed by atoms with Gasteiger partial charge in [-0.15, -0.1) is 11.5 Å². The highest BCUT2D eigenvalue weighted by Gasteiger charge is 2.24. The Labute approximate surface area is 260 Å². The van der Waals surface area contributed by atoms with Gasteiger partial charge < -0.3 is 23.7 Å². The van der Waals surface area contributed by atoms with Crippen LogP contribution in [0.4, 0.5) is 4.39 Å². The SMILES string of the molecule is C#CCOc1cc(-n2nc(C(C)(C)C)oc2=O)c(Cl)cc1Cl.C[C@@H](Oc1ccc(Oc2ncc(Cl)cc2F)cc1)C(=O)O. The zero-order chi connectivity index (χ0) is 31.9. The fraction of sp³-hybridized carbons (Fsp3) is 0.241. The molecule has 0 bridgehead atoms. The van der Waals surface area contributed by atoms with E-state index in [-0.39, 0.29) is 27.6 Å². The summed E-state index contributed by atoms with van der Waals surface area (Å²) >= 11 is 17.8. The summed E-state index contributed by atoms with van der Waals surface area (Å²) in [6.07, 6.45) is 5.46. The second-order valence-corrected chi connectivity index (χ2v) is 10.9. The molecule has 10 nitrogen and oxygen atoms in total. The third-order valence-electron chi connectivity index (χ3n) is 5.20. The third-order valence-corrected chi connectivity index (χ3v) is 6.01. The lowest BCUT2D eigenvalue weighted by molar-refractivity contribution is -0.144. The van der Waals surface area contributed by atoms with Crippen molar-refractivity contribution in [2.45, 2.75) is 39.2 Å². The molecule has 0 aliphatic heterocycles. The minimum Gasteiger partial charge on any atom is -0.479 e. The Hall–Kier alpha value is -4.24. The maximum absolute atomic E-state index is 13.5. The Bertz CT molecular complexity index is 1690. The van der Waals surface area contributed by atoms with E-state index < -0.39 is 29.1 Å². The average Bonchev–Trinajstić information content (AvgIpc) is 3.33. The van der Waals surface area contributed by atoms with Crippen molar-refractivity contribution in [1.29, 1.82) is 0 Å². The average molecular weight is 653 g/mol. The van der Waals surface area contributed by atoms with Gasteiger partial charge in [0, 0.05) is 17.7 Å². The summed E-state index contributed by atoms with van der Waals surface area (Å²) in [5.41, 5.74) is -0.103. The zero-order valence-electron chi connectivity index (χ0n) is 23.2. The molecule has 1 atom stereocenters. The van der Waals surface area contributed by atoms with Crippen LogP contribution in [0.25, 0.3) is 5.69 Å². The number of rotatable bonds is 8. The van der Waals surface area contributed by atoms with Crippen molar-refractivity contribution >= 4 is 40.8 Å². The highest BCUT2D eigenvalue weighted by molar-refractivity contribution is 6.36. The second-order valence-electron chi connectivity index (χ2n) is 9.67. The van der Waals surface area contributed by atoms with Crippen molar-refractivity contribution in [3.8, 4) is 41.2 Å². The van der Waals surface area contributed by atoms with E-state index in [0.717, 1.165) is 10.7 Å². The topological polar surface area (TPSA) is 126 Å². The summed E-state index contributed by atoms with van der Waals surface area (Å²) in [7, 11) is 0. The maximum atomic E-state index is 13.5. The fourth-order valence-corrected chi connectivity index (χ4v) is 3.74. The summed E-state index contributed by atoms with van der Waals surface area (Å²) in [6.45, 7) is 7.11. The van der Waals surface area contributed by atoms with Crippen molar-refractivity contribution in [2.75, 3.05) is 6.61 Å². The van der Waals surface area contributed by atoms with Gasteiger partial charge in [0.05, 0.1) is 20.8 Å². The Morgan fingerprint density at radius 1 is 1.14 bits per heavy atom. The molecule has 0 saturated carbocycles. The molecular formula is C29H25Cl3FN3O7. The number of ether oxygens (including phenoxy) is 3. The highest BCUT2D eigenvalue weighted by atomic mass is 35.5. The van der Waals surface area contributed by atoms with Crippen LogP contribution in [0.3, 0.4) is 0 Å². The largest absolute Gasteiger partial charge is 0.479 e. The lowest BCUT2D eigenvalue weighted by atomic mass is 9.97. The molecule has 0 unspecified atom stereocenters. The van der Waals surface area contributed by atoms with E-state index >= 15 is 0 Å². The number of carboxylic acids is 1. The predicted molar refractivity (Wildman–Crippen MR) is 159 cm³/mol. The number of carbonyl (C=O) groups is 1. The number of nitrogens with zero attached hydrogens (tertiary/aromatic N) is 3. The molecule has 0 amide bonds. The number of hydrogen-bond donors (Lipinski definition) is 1. The third kappa shape index (κ3) is 9.12. The molecule has 0 aliphatic carbocycles. The molecule has 0 radical (unpaired) electrons. The molecule has 0 saturated heterocycles. The van der Waals surface area contributed by atoms with Gasteiger partial charge in [-0.25, -0.2) is 19.0 Å². The van der Waals surface area contributed by atoms with Gasteiger partial charge in [0.1, 0.15) is 23.9 Å². The van der Waals surface area contributed by atoms with E-state index in [4.69, 9.17) is 65.0 Å². The monoisotopic (exact) mass is 651 g/mol. The highest BCUT2D eigenvalue weighted by Crippen LogP contribution is 2.33. The number of aliphatic carboxylic acids is 1. The van der Waals surface area contributed by atoms with E-state index in [0.29, 0.717) is 28.8 Å². The summed E-state index contributed by atoms with van der Waals surface area (Å²) in [5, 5.41) is 13.6. The first-order valence-corrected chi connectivity index (χ1v) is 13.5. The Morgan fingerprint density at radius 3 is 2.35 bits per heavy atom. The number of terminal acetylenes is 1. The molecule has 1 N–H and O–H groups in total. The van der Waals surface area contributed by atoms with Crippen molar-refractivity contribution in [3.05, 3.63) is 86.0 Å². The number of halogens is 4. The standard InChI is InChI=1S/C15H14Cl2N2O3.C14H11ClFNO4/c1-5-6-21-12-8-11(9(16)7-10(12)17)19-14(20)22-13(18-19)15(2,3)4;1-8(14(18)19)20-10-2-4-11(5-3-10)21-13-12(16)6-9(15)7-17-13/h1,7-8H,6H2,2-4H3;2-8H,1H3,(H,18,19)/t;8-/m.1/s1. The molecule has 43 heavy (non-hydrogen) atoms. The number of aromatic nitrogens is 3. The minimum absolute atomic E-state index is 0.0434. The van der Waals surface area contributed by atoms with Crippen LogP contribution in [0.5, 0.6) is 23.1 Å². The van der Waals surface area contributed by atoms with E-state index in [9.17, 15) is 14.0 Å². The summed E-state index contributed by atoms with van der Waals surface area (Å²) in [4.78, 5) is 26.4. The predicted octanol–water partition coefficient (Wildman–Crippen LogP) is 6.96. The maximum Gasteiger partial charge on any atom is 0.442 e. The number of benzene rings is 2. The van der Waals surface area contributed by atoms with Gasteiger partial charge in [-0.05, 0) is 43.3 Å². The molecule has 0 fully saturated rings. The lowest BCUT2D eigenvalue weighted by Crippen LogP contribution is -2.22. The van der Waals surface area contributed by atoms with Gasteiger partial charge in [0.2, 0.25) is 5.89 Å². The quantitative estimate of drug-likeness (QED) is 0.201. The number of pyridine rings is 1. The fourth-order valence-electron chi connectivity index (χ4n) is 3.07. The molecule has 4 aromatic rings. The first-order chi connectivity index (χ1) is 20.2. The van der Waals surface area contributed by atoms with Crippen LogP contribution in [0.2, 0.25) is 15.1 Å². The van der Waals surface area contributed by atoms with Gasteiger partial charge in [0.25, 0.3) is 5.88 Å². The molecule has 226 valence electrons. The van der Waals surface area contributed by atoms with Gasteiger partial charge >= 0.3 is 11.7 Å². The molecule has 4 rings (SSSR count). The van der Waals surface area contributed by atoms with Crippen molar-refractivity contribution in [1.82, 2.24) is 14.8 Å². The molecule has 2 aromatic heterocycles. The van der Waals surface area contributed by atoms with Gasteiger partial charge in [-0.1, -0.05) is 61.5 Å². The number of hydrogen-bond acceptors (Lipinski definition) is 8. The molecule has 14 heteroatoms. The first-order valence-electron chi connectivity index (χ1n) is 12.3. The van der Waals surface area contributed by atoms with Crippen LogP contribution in [-0.4, -0.2) is 38.6 Å². The lowest BCUT2D eigenvalue weighted by Gasteiger charge is -2.11. The van der Waals surface area contributed by atoms with Crippen LogP contribution in [0, 0.1) is 18.2 Å². The van der Waals surface area contributed by atoms with Crippen LogP contribution in [0.1, 0.15) is 33.6 Å². The normalized spacial score (nSPS) is 11.5. The smallest absolute Gasteiger partial charge is 0.442 e. The van der Waals surface area contributed by atoms with Crippen molar-refractivity contribution in [2.24, 2.45) is 0 Å². The minimum atomic E-state index is -1.07. The van der Waals surface area contributed by atoms with E-state index in [1.807, 2.05) is 20.8 Å². The Morgan fingerprint density at radius 2 is 1.79 bits per heavy atom. The van der Waals surface area contributed by atoms with E-state index in [2.05, 4.69) is 16.0 Å². The summed E-state index contributed by atoms with van der Waals surface area (Å²) < 4.78 is 35.5. The first kappa shape index (κ1) is 33.3. The molecule has 2 aromatic carbocycles. The Balaban J connectivity index is 0.000000236. The van der Waals surface area contributed by atoms with Gasteiger partial charge in [-0.3, -0.25) is 0 Å². The van der Waals surface area contributed by atoms with Crippen LogP contribution in [-0.2, 0) is 10.2 Å². The van der Waals surface area contributed by atoms with E-state index in [1.165, 1.54) is 49.5 Å². The second kappa shape index (κ2) is 14.3. The van der Waals surface area contributed by atoms with Crippen LogP contribution >= 0.6 is 34.8 Å². The molecule has 2 heterocycles. The Kier molecular flexibility index (Phi) is 11.1. The molecule has 0 aliphatic rings. The summed E-state index contributed by atoms with van der Waals surface area (Å²) in [6, 6.07) is 10.1. The van der Waals surface area contributed by atoms with Crippen molar-refractivity contribution < 1.29 is 32.9 Å². The van der Waals surface area contributed by atoms with Crippen LogP contribution < -0.4 is 20.0 Å². The zero-order valence-corrected chi connectivity index (χ0v) is 25.5.